The van der Waals surface area contributed by atoms with Crippen molar-refractivity contribution in [3.05, 3.63) is 0 Å². The van der Waals surface area contributed by atoms with Crippen LogP contribution < -0.4 is 5.48 Å². The third-order valence-electron chi connectivity index (χ3n) is 2.49. The molecular formula is C9H19NO2. The Balaban J connectivity index is 1.98. The molecule has 1 fully saturated rings. The van der Waals surface area contributed by atoms with Gasteiger partial charge < -0.3 is 4.74 Å². The van der Waals surface area contributed by atoms with Gasteiger partial charge >= 0.3 is 0 Å². The first kappa shape index (κ1) is 9.96. The number of nitrogens with one attached hydrogen (secondary N) is 1. The molecule has 1 rings (SSSR count). The van der Waals surface area contributed by atoms with Crippen molar-refractivity contribution in [2.75, 3.05) is 20.3 Å². The van der Waals surface area contributed by atoms with Crippen LogP contribution in [0.3, 0.4) is 0 Å². The summed E-state index contributed by atoms with van der Waals surface area (Å²) >= 11 is 0. The average Bonchev–Trinajstić information content (AvgIpc) is 2.46. The molecule has 1 N–H and O–H groups in total. The van der Waals surface area contributed by atoms with Crippen molar-refractivity contribution in [1.82, 2.24) is 5.48 Å². The molecule has 2 atom stereocenters. The zero-order chi connectivity index (χ0) is 8.81. The lowest BCUT2D eigenvalue weighted by Gasteiger charge is -2.16. The maximum atomic E-state index is 5.25. The predicted molar refractivity (Wildman–Crippen MR) is 47.8 cm³/mol. The molecule has 72 valence electrons. The van der Waals surface area contributed by atoms with Crippen LogP contribution in [-0.4, -0.2) is 26.4 Å². The molecule has 1 saturated carbocycles. The topological polar surface area (TPSA) is 30.5 Å². The molecule has 0 spiro atoms. The highest BCUT2D eigenvalue weighted by Crippen LogP contribution is 2.24. The van der Waals surface area contributed by atoms with Gasteiger partial charge in [0.25, 0.3) is 0 Å². The van der Waals surface area contributed by atoms with Gasteiger partial charge in [0.1, 0.15) is 0 Å². The summed E-state index contributed by atoms with van der Waals surface area (Å²) in [6, 6.07) is 0.557. The lowest BCUT2D eigenvalue weighted by atomic mass is 10.1. The van der Waals surface area contributed by atoms with E-state index in [4.69, 9.17) is 9.57 Å². The molecule has 0 aromatic carbocycles. The van der Waals surface area contributed by atoms with E-state index in [9.17, 15) is 0 Å². The number of hydroxylamine groups is 1. The monoisotopic (exact) mass is 173 g/mol. The first-order valence-electron chi connectivity index (χ1n) is 4.71. The van der Waals surface area contributed by atoms with E-state index in [0.717, 1.165) is 5.92 Å². The largest absolute Gasteiger partial charge is 0.382 e. The lowest BCUT2D eigenvalue weighted by molar-refractivity contribution is -0.0172. The van der Waals surface area contributed by atoms with Gasteiger partial charge in [-0.2, -0.15) is 5.48 Å². The highest BCUT2D eigenvalue weighted by Gasteiger charge is 2.22. The molecule has 3 heteroatoms. The summed E-state index contributed by atoms with van der Waals surface area (Å²) < 4.78 is 4.87. The van der Waals surface area contributed by atoms with Gasteiger partial charge in [0, 0.05) is 13.2 Å². The van der Waals surface area contributed by atoms with Crippen LogP contribution in [0.15, 0.2) is 0 Å². The summed E-state index contributed by atoms with van der Waals surface area (Å²) in [4.78, 5) is 5.25. The van der Waals surface area contributed by atoms with E-state index in [1.807, 2.05) is 0 Å². The van der Waals surface area contributed by atoms with Crippen molar-refractivity contribution in [3.8, 4) is 0 Å². The van der Waals surface area contributed by atoms with Crippen LogP contribution in [-0.2, 0) is 9.57 Å². The molecule has 0 heterocycles. The second-order valence-corrected chi connectivity index (χ2v) is 3.47. The molecule has 1 aliphatic carbocycles. The fourth-order valence-electron chi connectivity index (χ4n) is 1.61. The first-order chi connectivity index (χ1) is 5.84. The Labute approximate surface area is 74.4 Å². The summed E-state index contributed by atoms with van der Waals surface area (Å²) in [7, 11) is 1.68. The molecule has 2 unspecified atom stereocenters. The summed E-state index contributed by atoms with van der Waals surface area (Å²) in [6.45, 7) is 3.57. The van der Waals surface area contributed by atoms with E-state index in [0.29, 0.717) is 19.3 Å². The van der Waals surface area contributed by atoms with Gasteiger partial charge in [0.2, 0.25) is 0 Å². The Hall–Kier alpha value is -0.120. The summed E-state index contributed by atoms with van der Waals surface area (Å²) in [6.07, 6.45) is 3.89. The molecule has 0 radical (unpaired) electrons. The second-order valence-electron chi connectivity index (χ2n) is 3.47. The molecular weight excluding hydrogens is 154 g/mol. The first-order valence-corrected chi connectivity index (χ1v) is 4.71. The fourth-order valence-corrected chi connectivity index (χ4v) is 1.61. The van der Waals surface area contributed by atoms with Crippen LogP contribution in [0.2, 0.25) is 0 Å². The van der Waals surface area contributed by atoms with Gasteiger partial charge in [-0.15, -0.1) is 0 Å². The van der Waals surface area contributed by atoms with Crippen molar-refractivity contribution in [3.63, 3.8) is 0 Å². The summed E-state index contributed by atoms with van der Waals surface area (Å²) in [5, 5.41) is 0. The van der Waals surface area contributed by atoms with Crippen molar-refractivity contribution in [2.24, 2.45) is 5.92 Å². The Morgan fingerprint density at radius 2 is 2.17 bits per heavy atom. The highest BCUT2D eigenvalue weighted by molar-refractivity contribution is 4.77. The predicted octanol–water partition coefficient (Wildman–Crippen LogP) is 1.34. The molecule has 12 heavy (non-hydrogen) atoms. The van der Waals surface area contributed by atoms with Crippen LogP contribution >= 0.6 is 0 Å². The minimum atomic E-state index is 0.557. The second kappa shape index (κ2) is 5.51. The molecule has 1 aliphatic rings. The van der Waals surface area contributed by atoms with Crippen molar-refractivity contribution in [1.29, 1.82) is 0 Å². The minimum Gasteiger partial charge on any atom is -0.382 e. The van der Waals surface area contributed by atoms with E-state index in [2.05, 4.69) is 12.4 Å². The molecule has 0 saturated heterocycles. The molecule has 0 bridgehead atoms. The number of ether oxygens (including phenoxy) is 1. The van der Waals surface area contributed by atoms with Crippen LogP contribution in [0.5, 0.6) is 0 Å². The van der Waals surface area contributed by atoms with Crippen LogP contribution in [0.4, 0.5) is 0 Å². The minimum absolute atomic E-state index is 0.557. The van der Waals surface area contributed by atoms with Gasteiger partial charge in [0.15, 0.2) is 0 Å². The summed E-state index contributed by atoms with van der Waals surface area (Å²) in [5.74, 6) is 0.757. The highest BCUT2D eigenvalue weighted by atomic mass is 16.7. The molecule has 0 aromatic heterocycles. The van der Waals surface area contributed by atoms with Gasteiger partial charge in [-0.05, 0) is 18.8 Å². The van der Waals surface area contributed by atoms with Crippen molar-refractivity contribution < 1.29 is 9.57 Å². The van der Waals surface area contributed by atoms with E-state index in [1.165, 1.54) is 19.3 Å². The Kier molecular flexibility index (Phi) is 4.58. The molecule has 0 aliphatic heterocycles. The van der Waals surface area contributed by atoms with Crippen LogP contribution in [0.1, 0.15) is 26.2 Å². The third kappa shape index (κ3) is 3.09. The van der Waals surface area contributed by atoms with E-state index in [-0.39, 0.29) is 0 Å². The van der Waals surface area contributed by atoms with Gasteiger partial charge in [-0.1, -0.05) is 13.3 Å². The normalized spacial score (nSPS) is 29.5. The molecule has 0 aromatic rings. The standard InChI is InChI=1S/C9H19NO2/c1-8-4-3-5-9(8)10-12-7-6-11-2/h8-10H,3-7H2,1-2H3. The van der Waals surface area contributed by atoms with E-state index in [1.54, 1.807) is 7.11 Å². The quantitative estimate of drug-likeness (QED) is 0.503. The van der Waals surface area contributed by atoms with Gasteiger partial charge in [-0.3, -0.25) is 4.84 Å². The number of methoxy groups -OCH3 is 1. The van der Waals surface area contributed by atoms with Crippen molar-refractivity contribution >= 4 is 0 Å². The lowest BCUT2D eigenvalue weighted by Crippen LogP contribution is -2.32. The number of rotatable bonds is 5. The Morgan fingerprint density at radius 1 is 1.33 bits per heavy atom. The van der Waals surface area contributed by atoms with Gasteiger partial charge in [-0.25, -0.2) is 0 Å². The van der Waals surface area contributed by atoms with E-state index >= 15 is 0 Å². The maximum Gasteiger partial charge on any atom is 0.0915 e. The number of hydrogen-bond donors (Lipinski definition) is 1. The van der Waals surface area contributed by atoms with E-state index < -0.39 is 0 Å². The summed E-state index contributed by atoms with van der Waals surface area (Å²) in [5.41, 5.74) is 3.09. The molecule has 0 amide bonds. The zero-order valence-corrected chi connectivity index (χ0v) is 8.01. The maximum absolute atomic E-state index is 5.25. The Bertz CT molecular complexity index is 119. The van der Waals surface area contributed by atoms with Crippen LogP contribution in [0, 0.1) is 5.92 Å². The van der Waals surface area contributed by atoms with Gasteiger partial charge in [0.05, 0.1) is 13.2 Å². The third-order valence-corrected chi connectivity index (χ3v) is 2.49. The zero-order valence-electron chi connectivity index (χ0n) is 8.01. The fraction of sp³-hybridized carbons (Fsp3) is 1.00. The smallest absolute Gasteiger partial charge is 0.0915 e. The van der Waals surface area contributed by atoms with Crippen molar-refractivity contribution in [2.45, 2.75) is 32.2 Å². The Morgan fingerprint density at radius 3 is 2.75 bits per heavy atom. The average molecular weight is 173 g/mol. The number of hydrogen-bond acceptors (Lipinski definition) is 3. The van der Waals surface area contributed by atoms with Crippen LogP contribution in [0.25, 0.3) is 0 Å². The SMILES string of the molecule is COCCONC1CCCC1C. The molecule has 3 nitrogen and oxygen atoms in total.